The maximum Gasteiger partial charge on any atom is 0.431 e. The molecule has 1 heterocycles. The van der Waals surface area contributed by atoms with Gasteiger partial charge in [-0.05, 0) is 36.6 Å². The molecule has 0 radical (unpaired) electrons. The highest BCUT2D eigenvalue weighted by molar-refractivity contribution is 5.89. The molecule has 0 N–H and O–H groups in total. The number of alkyl halides is 3. The molecule has 0 saturated carbocycles. The zero-order valence-electron chi connectivity index (χ0n) is 11.6. The summed E-state index contributed by atoms with van der Waals surface area (Å²) in [5.41, 5.74) is 0.0806. The lowest BCUT2D eigenvalue weighted by Crippen LogP contribution is -2.29. The molecule has 0 spiro atoms. The number of carbonyl (C=O) groups excluding carboxylic acids is 1. The van der Waals surface area contributed by atoms with Crippen LogP contribution in [0.2, 0.25) is 0 Å². The average Bonchev–Trinajstić information content (AvgIpc) is 2.97. The van der Waals surface area contributed by atoms with Crippen LogP contribution in [0, 0.1) is 0 Å². The van der Waals surface area contributed by atoms with E-state index < -0.39 is 17.8 Å². The molecule has 0 amide bonds. The van der Waals surface area contributed by atoms with Crippen LogP contribution in [0.25, 0.3) is 6.08 Å². The highest BCUT2D eigenvalue weighted by Gasteiger charge is 2.38. The molecule has 0 bridgehead atoms. The lowest BCUT2D eigenvalue weighted by atomic mass is 10.1. The first-order valence-corrected chi connectivity index (χ1v) is 6.64. The van der Waals surface area contributed by atoms with E-state index in [1.165, 1.54) is 36.3 Å². The summed E-state index contributed by atoms with van der Waals surface area (Å²) in [6.45, 7) is 0.844. The van der Waals surface area contributed by atoms with Crippen molar-refractivity contribution < 1.29 is 22.7 Å². The second-order valence-electron chi connectivity index (χ2n) is 4.84. The van der Waals surface area contributed by atoms with Crippen molar-refractivity contribution >= 4 is 12.0 Å². The molecule has 3 nitrogen and oxygen atoms in total. The molecule has 1 saturated heterocycles. The van der Waals surface area contributed by atoms with Crippen molar-refractivity contribution in [3.63, 3.8) is 0 Å². The van der Waals surface area contributed by atoms with Crippen LogP contribution in [-0.4, -0.2) is 37.2 Å². The molecule has 1 fully saturated rings. The first kappa shape index (κ1) is 15.4. The van der Waals surface area contributed by atoms with E-state index >= 15 is 0 Å². The summed E-state index contributed by atoms with van der Waals surface area (Å²) < 4.78 is 44.0. The maximum atomic E-state index is 13.1. The Morgan fingerprint density at radius 3 is 2.24 bits per heavy atom. The fourth-order valence-electron chi connectivity index (χ4n) is 2.30. The molecular formula is C15H16F3NO2. The Morgan fingerprint density at radius 2 is 1.76 bits per heavy atom. The number of hydrogen-bond acceptors (Lipinski definition) is 3. The predicted molar refractivity (Wildman–Crippen MR) is 72.6 cm³/mol. The van der Waals surface area contributed by atoms with Gasteiger partial charge in [0.15, 0.2) is 0 Å². The van der Waals surface area contributed by atoms with E-state index in [9.17, 15) is 18.0 Å². The van der Waals surface area contributed by atoms with Crippen molar-refractivity contribution in [2.24, 2.45) is 0 Å². The number of benzene rings is 1. The number of hydrogen-bond donors (Lipinski definition) is 0. The van der Waals surface area contributed by atoms with Gasteiger partial charge < -0.3 is 9.64 Å². The molecule has 0 unspecified atom stereocenters. The van der Waals surface area contributed by atoms with E-state index in [0.29, 0.717) is 24.2 Å². The van der Waals surface area contributed by atoms with Crippen LogP contribution in [-0.2, 0) is 4.74 Å². The molecule has 21 heavy (non-hydrogen) atoms. The molecule has 1 aromatic carbocycles. The van der Waals surface area contributed by atoms with Crippen LogP contribution in [0.4, 0.5) is 13.2 Å². The molecule has 1 aromatic rings. The van der Waals surface area contributed by atoms with Crippen molar-refractivity contribution in [3.8, 4) is 0 Å². The summed E-state index contributed by atoms with van der Waals surface area (Å²) in [6.07, 6.45) is -1.72. The van der Waals surface area contributed by atoms with Crippen LogP contribution in [0.5, 0.6) is 0 Å². The molecule has 6 heteroatoms. The normalized spacial score (nSPS) is 16.2. The topological polar surface area (TPSA) is 29.5 Å². The van der Waals surface area contributed by atoms with Crippen molar-refractivity contribution in [3.05, 3.63) is 41.1 Å². The summed E-state index contributed by atoms with van der Waals surface area (Å²) in [7, 11) is 1.26. The molecule has 114 valence electrons. The zero-order valence-corrected chi connectivity index (χ0v) is 11.6. The summed E-state index contributed by atoms with van der Waals surface area (Å²) in [5.74, 6) is -0.513. The molecule has 1 aliphatic rings. The second kappa shape index (κ2) is 6.20. The Kier molecular flexibility index (Phi) is 4.55. The van der Waals surface area contributed by atoms with Crippen molar-refractivity contribution in [2.75, 3.05) is 20.2 Å². The fraction of sp³-hybridized carbons (Fsp3) is 0.400. The molecule has 2 rings (SSSR count). The van der Waals surface area contributed by atoms with Gasteiger partial charge in [0.1, 0.15) is 5.70 Å². The Balaban J connectivity index is 2.27. The highest BCUT2D eigenvalue weighted by Crippen LogP contribution is 2.32. The summed E-state index contributed by atoms with van der Waals surface area (Å²) in [4.78, 5) is 12.6. The molecule has 1 aliphatic heterocycles. The Hall–Kier alpha value is -1.98. The number of allylic oxidation sites excluding steroid dienone is 1. The number of halogens is 3. The minimum atomic E-state index is -4.38. The Morgan fingerprint density at radius 1 is 1.19 bits per heavy atom. The van der Waals surface area contributed by atoms with Crippen molar-refractivity contribution in [1.82, 2.24) is 4.90 Å². The van der Waals surface area contributed by atoms with Crippen LogP contribution in [0.3, 0.4) is 0 Å². The quantitative estimate of drug-likeness (QED) is 0.800. The number of nitrogens with zero attached hydrogens (tertiary/aromatic N) is 1. The van der Waals surface area contributed by atoms with Crippen LogP contribution in [0.15, 0.2) is 30.0 Å². The van der Waals surface area contributed by atoms with Gasteiger partial charge in [-0.2, -0.15) is 13.2 Å². The van der Waals surface area contributed by atoms with Gasteiger partial charge in [0.2, 0.25) is 0 Å². The molecule has 0 atom stereocenters. The van der Waals surface area contributed by atoms with Crippen LogP contribution < -0.4 is 0 Å². The third-order valence-corrected chi connectivity index (χ3v) is 3.37. The number of carbonyl (C=O) groups is 1. The summed E-state index contributed by atoms with van der Waals surface area (Å²) in [5, 5.41) is 0. The van der Waals surface area contributed by atoms with Gasteiger partial charge in [0.25, 0.3) is 0 Å². The van der Waals surface area contributed by atoms with Gasteiger partial charge in [-0.1, -0.05) is 12.1 Å². The first-order chi connectivity index (χ1) is 9.91. The second-order valence-corrected chi connectivity index (χ2v) is 4.84. The number of rotatable bonds is 3. The summed E-state index contributed by atoms with van der Waals surface area (Å²) in [6, 6.07) is 5.87. The fourth-order valence-corrected chi connectivity index (χ4v) is 2.30. The first-order valence-electron chi connectivity index (χ1n) is 6.64. The van der Waals surface area contributed by atoms with E-state index in [1.54, 1.807) is 0 Å². The lowest BCUT2D eigenvalue weighted by Gasteiger charge is -2.23. The van der Waals surface area contributed by atoms with E-state index in [1.807, 2.05) is 0 Å². The minimum Gasteiger partial charge on any atom is -0.465 e. The van der Waals surface area contributed by atoms with Gasteiger partial charge in [-0.3, -0.25) is 0 Å². The van der Waals surface area contributed by atoms with Gasteiger partial charge in [-0.25, -0.2) is 4.79 Å². The van der Waals surface area contributed by atoms with Crippen LogP contribution in [0.1, 0.15) is 28.8 Å². The van der Waals surface area contributed by atoms with Gasteiger partial charge in [0, 0.05) is 13.1 Å². The third-order valence-electron chi connectivity index (χ3n) is 3.37. The molecule has 0 aromatic heterocycles. The van der Waals surface area contributed by atoms with Gasteiger partial charge in [0.05, 0.1) is 12.7 Å². The predicted octanol–water partition coefficient (Wildman–Crippen LogP) is 3.47. The van der Waals surface area contributed by atoms with Crippen LogP contribution >= 0.6 is 0 Å². The van der Waals surface area contributed by atoms with Crippen molar-refractivity contribution in [2.45, 2.75) is 19.0 Å². The van der Waals surface area contributed by atoms with Gasteiger partial charge >= 0.3 is 12.1 Å². The zero-order chi connectivity index (χ0) is 15.5. The number of ether oxygens (including phenoxy) is 1. The smallest absolute Gasteiger partial charge is 0.431 e. The largest absolute Gasteiger partial charge is 0.465 e. The molecular weight excluding hydrogens is 283 g/mol. The Bertz CT molecular complexity index is 529. The standard InChI is InChI=1S/C15H16F3NO2/c1-21-14(20)12-6-4-11(5-7-12)10-13(15(16,17)18)19-8-2-3-9-19/h4-7,10H,2-3,8-9H2,1H3/b13-10-. The van der Waals surface area contributed by atoms with E-state index in [0.717, 1.165) is 18.9 Å². The number of methoxy groups -OCH3 is 1. The highest BCUT2D eigenvalue weighted by atomic mass is 19.4. The maximum absolute atomic E-state index is 13.1. The lowest BCUT2D eigenvalue weighted by molar-refractivity contribution is -0.108. The van der Waals surface area contributed by atoms with E-state index in [2.05, 4.69) is 4.74 Å². The third kappa shape index (κ3) is 3.77. The monoisotopic (exact) mass is 299 g/mol. The Labute approximate surface area is 121 Å². The number of likely N-dealkylation sites (tertiary alicyclic amines) is 1. The van der Waals surface area contributed by atoms with E-state index in [-0.39, 0.29) is 0 Å². The molecule has 0 aliphatic carbocycles. The number of esters is 1. The van der Waals surface area contributed by atoms with Crippen molar-refractivity contribution in [1.29, 1.82) is 0 Å². The average molecular weight is 299 g/mol. The minimum absolute atomic E-state index is 0.310. The SMILES string of the molecule is COC(=O)c1ccc(/C=C(\N2CCCC2)C(F)(F)F)cc1. The summed E-state index contributed by atoms with van der Waals surface area (Å²) >= 11 is 0. The van der Waals surface area contributed by atoms with E-state index in [4.69, 9.17) is 0 Å². The van der Waals surface area contributed by atoms with Gasteiger partial charge in [-0.15, -0.1) is 0 Å².